The van der Waals surface area contributed by atoms with Gasteiger partial charge in [0.2, 0.25) is 0 Å². The van der Waals surface area contributed by atoms with Gasteiger partial charge in [-0.15, -0.1) is 0 Å². The second kappa shape index (κ2) is 5.69. The van der Waals surface area contributed by atoms with Gasteiger partial charge in [-0.1, -0.05) is 35.9 Å². The van der Waals surface area contributed by atoms with Gasteiger partial charge in [-0.2, -0.15) is 0 Å². The molecule has 82 valence electrons. The molecule has 1 aromatic carbocycles. The summed E-state index contributed by atoms with van der Waals surface area (Å²) in [6.45, 7) is 4.56. The van der Waals surface area contributed by atoms with Crippen molar-refractivity contribution in [1.29, 1.82) is 0 Å². The molecule has 2 heteroatoms. The van der Waals surface area contributed by atoms with Gasteiger partial charge >= 0.3 is 0 Å². The molecule has 1 atom stereocenters. The van der Waals surface area contributed by atoms with Crippen LogP contribution in [0.5, 0.6) is 0 Å². The summed E-state index contributed by atoms with van der Waals surface area (Å²) in [6, 6.07) is 7.80. The van der Waals surface area contributed by atoms with Crippen LogP contribution in [0, 0.1) is 0 Å². The predicted octanol–water partition coefficient (Wildman–Crippen LogP) is 2.83. The van der Waals surface area contributed by atoms with Gasteiger partial charge in [0.1, 0.15) is 0 Å². The van der Waals surface area contributed by atoms with Crippen LogP contribution in [-0.2, 0) is 11.3 Å². The molecular formula is C13H18O2. The largest absolute Gasteiger partial charge is 0.384 e. The average Bonchev–Trinajstić information content (AvgIpc) is 2.18. The molecule has 1 aromatic rings. The zero-order valence-electron chi connectivity index (χ0n) is 9.53. The van der Waals surface area contributed by atoms with E-state index in [9.17, 15) is 5.11 Å². The van der Waals surface area contributed by atoms with Gasteiger partial charge in [0.15, 0.2) is 0 Å². The van der Waals surface area contributed by atoms with Crippen molar-refractivity contribution in [3.8, 4) is 0 Å². The summed E-state index contributed by atoms with van der Waals surface area (Å²) in [5.74, 6) is 0. The molecule has 0 aromatic heterocycles. The van der Waals surface area contributed by atoms with E-state index in [1.807, 2.05) is 44.2 Å². The lowest BCUT2D eigenvalue weighted by Gasteiger charge is -2.08. The van der Waals surface area contributed by atoms with Gasteiger partial charge in [0, 0.05) is 7.11 Å². The zero-order chi connectivity index (χ0) is 11.3. The van der Waals surface area contributed by atoms with E-state index in [2.05, 4.69) is 0 Å². The van der Waals surface area contributed by atoms with Gasteiger partial charge in [0.25, 0.3) is 0 Å². The number of hydrogen-bond acceptors (Lipinski definition) is 2. The van der Waals surface area contributed by atoms with Crippen LogP contribution in [0.4, 0.5) is 0 Å². The van der Waals surface area contributed by atoms with E-state index in [1.165, 1.54) is 0 Å². The SMILES string of the molecule is COCc1ccc(C(O)C=C(C)C)cc1. The second-order valence-corrected chi connectivity index (χ2v) is 3.86. The van der Waals surface area contributed by atoms with Crippen molar-refractivity contribution in [2.24, 2.45) is 0 Å². The van der Waals surface area contributed by atoms with Crippen molar-refractivity contribution < 1.29 is 9.84 Å². The minimum absolute atomic E-state index is 0.508. The monoisotopic (exact) mass is 206 g/mol. The number of allylic oxidation sites excluding steroid dienone is 1. The minimum Gasteiger partial charge on any atom is -0.384 e. The van der Waals surface area contributed by atoms with Gasteiger partial charge < -0.3 is 9.84 Å². The number of benzene rings is 1. The lowest BCUT2D eigenvalue weighted by molar-refractivity contribution is 0.184. The highest BCUT2D eigenvalue weighted by molar-refractivity contribution is 5.26. The summed E-state index contributed by atoms with van der Waals surface area (Å²) < 4.78 is 5.02. The van der Waals surface area contributed by atoms with Crippen LogP contribution < -0.4 is 0 Å². The predicted molar refractivity (Wildman–Crippen MR) is 61.5 cm³/mol. The summed E-state index contributed by atoms with van der Waals surface area (Å²) >= 11 is 0. The molecule has 0 saturated heterocycles. The Hall–Kier alpha value is -1.12. The maximum absolute atomic E-state index is 9.80. The van der Waals surface area contributed by atoms with Crippen molar-refractivity contribution in [2.45, 2.75) is 26.6 Å². The van der Waals surface area contributed by atoms with Gasteiger partial charge in [-0.3, -0.25) is 0 Å². The highest BCUT2D eigenvalue weighted by atomic mass is 16.5. The van der Waals surface area contributed by atoms with E-state index in [1.54, 1.807) is 7.11 Å². The third-order valence-corrected chi connectivity index (χ3v) is 2.12. The maximum atomic E-state index is 9.80. The first-order valence-electron chi connectivity index (χ1n) is 5.04. The van der Waals surface area contributed by atoms with Gasteiger partial charge in [-0.05, 0) is 25.0 Å². The lowest BCUT2D eigenvalue weighted by Crippen LogP contribution is -1.95. The van der Waals surface area contributed by atoms with Crippen LogP contribution in [0.15, 0.2) is 35.9 Å². The van der Waals surface area contributed by atoms with E-state index >= 15 is 0 Å². The minimum atomic E-state index is -0.508. The van der Waals surface area contributed by atoms with E-state index in [0.717, 1.165) is 16.7 Å². The van der Waals surface area contributed by atoms with Crippen molar-refractivity contribution in [2.75, 3.05) is 7.11 Å². The number of methoxy groups -OCH3 is 1. The van der Waals surface area contributed by atoms with Crippen LogP contribution in [-0.4, -0.2) is 12.2 Å². The number of aliphatic hydroxyl groups excluding tert-OH is 1. The van der Waals surface area contributed by atoms with Crippen LogP contribution in [0.3, 0.4) is 0 Å². The van der Waals surface area contributed by atoms with E-state index in [-0.39, 0.29) is 0 Å². The average molecular weight is 206 g/mol. The molecule has 0 amide bonds. The highest BCUT2D eigenvalue weighted by Gasteiger charge is 2.03. The van der Waals surface area contributed by atoms with Crippen LogP contribution in [0.25, 0.3) is 0 Å². The number of ether oxygens (including phenoxy) is 1. The standard InChI is InChI=1S/C13H18O2/c1-10(2)8-13(14)12-6-4-11(5-7-12)9-15-3/h4-8,13-14H,9H2,1-3H3. The van der Waals surface area contributed by atoms with Crippen LogP contribution in [0.1, 0.15) is 31.1 Å². The Morgan fingerprint density at radius 3 is 2.40 bits per heavy atom. The molecule has 1 N–H and O–H groups in total. The first-order chi connectivity index (χ1) is 7.13. The first-order valence-corrected chi connectivity index (χ1v) is 5.04. The first kappa shape index (κ1) is 12.0. The molecule has 0 spiro atoms. The highest BCUT2D eigenvalue weighted by Crippen LogP contribution is 2.16. The van der Waals surface area contributed by atoms with Crippen LogP contribution in [0.2, 0.25) is 0 Å². The molecular weight excluding hydrogens is 188 g/mol. The molecule has 2 nitrogen and oxygen atoms in total. The molecule has 0 saturated carbocycles. The normalized spacial score (nSPS) is 12.3. The molecule has 0 radical (unpaired) electrons. The number of aliphatic hydroxyl groups is 1. The maximum Gasteiger partial charge on any atom is 0.0974 e. The fourth-order valence-corrected chi connectivity index (χ4v) is 1.39. The molecule has 0 aliphatic carbocycles. The molecule has 0 aliphatic heterocycles. The molecule has 15 heavy (non-hydrogen) atoms. The Bertz CT molecular complexity index is 321. The Kier molecular flexibility index (Phi) is 4.53. The molecule has 1 unspecified atom stereocenters. The third kappa shape index (κ3) is 3.86. The smallest absolute Gasteiger partial charge is 0.0974 e. The summed E-state index contributed by atoms with van der Waals surface area (Å²) in [6.07, 6.45) is 1.33. The zero-order valence-corrected chi connectivity index (χ0v) is 9.53. The molecule has 0 bridgehead atoms. The lowest BCUT2D eigenvalue weighted by atomic mass is 10.1. The van der Waals surface area contributed by atoms with Crippen LogP contribution >= 0.6 is 0 Å². The number of rotatable bonds is 4. The molecule has 0 fully saturated rings. The molecule has 1 rings (SSSR count). The summed E-state index contributed by atoms with van der Waals surface area (Å²) in [7, 11) is 1.67. The van der Waals surface area contributed by atoms with Crippen molar-refractivity contribution in [3.63, 3.8) is 0 Å². The van der Waals surface area contributed by atoms with E-state index < -0.39 is 6.10 Å². The Labute approximate surface area is 91.2 Å². The Morgan fingerprint density at radius 2 is 1.93 bits per heavy atom. The topological polar surface area (TPSA) is 29.5 Å². The van der Waals surface area contributed by atoms with Crippen molar-refractivity contribution >= 4 is 0 Å². The molecule has 0 aliphatic rings. The number of hydrogen-bond donors (Lipinski definition) is 1. The quantitative estimate of drug-likeness (QED) is 0.767. The summed E-state index contributed by atoms with van der Waals surface area (Å²) in [5.41, 5.74) is 3.14. The van der Waals surface area contributed by atoms with E-state index in [0.29, 0.717) is 6.61 Å². The molecule has 0 heterocycles. The second-order valence-electron chi connectivity index (χ2n) is 3.86. The van der Waals surface area contributed by atoms with Crippen molar-refractivity contribution in [3.05, 3.63) is 47.0 Å². The third-order valence-electron chi connectivity index (χ3n) is 2.12. The van der Waals surface area contributed by atoms with Gasteiger partial charge in [0.05, 0.1) is 12.7 Å². The summed E-state index contributed by atoms with van der Waals surface area (Å²) in [4.78, 5) is 0. The fraction of sp³-hybridized carbons (Fsp3) is 0.385. The Balaban J connectivity index is 2.75. The summed E-state index contributed by atoms with van der Waals surface area (Å²) in [5, 5.41) is 9.80. The fourth-order valence-electron chi connectivity index (χ4n) is 1.39. The van der Waals surface area contributed by atoms with E-state index in [4.69, 9.17) is 4.74 Å². The van der Waals surface area contributed by atoms with Crippen molar-refractivity contribution in [1.82, 2.24) is 0 Å². The van der Waals surface area contributed by atoms with Gasteiger partial charge in [-0.25, -0.2) is 0 Å². The Morgan fingerprint density at radius 1 is 1.33 bits per heavy atom.